The third kappa shape index (κ3) is 3.95. The van der Waals surface area contributed by atoms with Crippen LogP contribution in [0.2, 0.25) is 5.02 Å². The molecule has 1 aromatic heterocycles. The van der Waals surface area contributed by atoms with Gasteiger partial charge in [-0.05, 0) is 37.6 Å². The number of aryl methyl sites for hydroxylation is 1. The highest BCUT2D eigenvalue weighted by atomic mass is 35.5. The first-order valence-electron chi connectivity index (χ1n) is 6.73. The van der Waals surface area contributed by atoms with Gasteiger partial charge < -0.3 is 5.32 Å². The molecule has 0 radical (unpaired) electrons. The molecule has 0 aliphatic heterocycles. The SMILES string of the molecule is CCN(C(C)=O)c1nc(CNc2ccc(Cl)cc2C)cs1. The second-order valence-corrected chi connectivity index (χ2v) is 5.97. The van der Waals surface area contributed by atoms with Crippen LogP contribution in [0.15, 0.2) is 23.6 Å². The Labute approximate surface area is 133 Å². The fraction of sp³-hybridized carbons (Fsp3) is 0.333. The molecule has 112 valence electrons. The Hall–Kier alpha value is -1.59. The number of amides is 1. The zero-order chi connectivity index (χ0) is 15.4. The van der Waals surface area contributed by atoms with Crippen molar-refractivity contribution in [2.45, 2.75) is 27.3 Å². The van der Waals surface area contributed by atoms with Gasteiger partial charge in [0.2, 0.25) is 5.91 Å². The van der Waals surface area contributed by atoms with E-state index in [4.69, 9.17) is 11.6 Å². The van der Waals surface area contributed by atoms with E-state index >= 15 is 0 Å². The monoisotopic (exact) mass is 323 g/mol. The quantitative estimate of drug-likeness (QED) is 0.901. The molecule has 0 saturated heterocycles. The molecular weight excluding hydrogens is 306 g/mol. The molecule has 4 nitrogen and oxygen atoms in total. The van der Waals surface area contributed by atoms with Gasteiger partial charge in [0.1, 0.15) is 0 Å². The first kappa shape index (κ1) is 15.8. The molecule has 2 aromatic rings. The Morgan fingerprint density at radius 3 is 2.86 bits per heavy atom. The smallest absolute Gasteiger partial charge is 0.225 e. The molecule has 0 aliphatic rings. The number of halogens is 1. The first-order valence-corrected chi connectivity index (χ1v) is 7.99. The lowest BCUT2D eigenvalue weighted by atomic mass is 10.2. The number of aromatic nitrogens is 1. The lowest BCUT2D eigenvalue weighted by Crippen LogP contribution is -2.27. The molecule has 1 N–H and O–H groups in total. The van der Waals surface area contributed by atoms with Gasteiger partial charge in [0.15, 0.2) is 5.13 Å². The standard InChI is InChI=1S/C15H18ClN3OS/c1-4-19(11(3)20)15-18-13(9-21-15)8-17-14-6-5-12(16)7-10(14)2/h5-7,9,17H,4,8H2,1-3H3. The van der Waals surface area contributed by atoms with Crippen molar-refractivity contribution in [2.24, 2.45) is 0 Å². The van der Waals surface area contributed by atoms with E-state index in [1.807, 2.05) is 37.4 Å². The van der Waals surface area contributed by atoms with Crippen LogP contribution < -0.4 is 10.2 Å². The van der Waals surface area contributed by atoms with Gasteiger partial charge in [-0.1, -0.05) is 11.6 Å². The second-order valence-electron chi connectivity index (χ2n) is 4.70. The lowest BCUT2D eigenvalue weighted by Gasteiger charge is -2.14. The van der Waals surface area contributed by atoms with E-state index in [1.165, 1.54) is 11.3 Å². The van der Waals surface area contributed by atoms with Crippen LogP contribution in [-0.2, 0) is 11.3 Å². The number of benzene rings is 1. The van der Waals surface area contributed by atoms with Gasteiger partial charge in [-0.15, -0.1) is 11.3 Å². The number of hydrogen-bond acceptors (Lipinski definition) is 4. The van der Waals surface area contributed by atoms with Crippen molar-refractivity contribution in [3.05, 3.63) is 39.9 Å². The number of nitrogens with one attached hydrogen (secondary N) is 1. The van der Waals surface area contributed by atoms with Crippen molar-refractivity contribution < 1.29 is 4.79 Å². The molecule has 1 heterocycles. The maximum Gasteiger partial charge on any atom is 0.225 e. The van der Waals surface area contributed by atoms with E-state index in [9.17, 15) is 4.79 Å². The van der Waals surface area contributed by atoms with Crippen LogP contribution >= 0.6 is 22.9 Å². The predicted octanol–water partition coefficient (Wildman–Crippen LogP) is 4.09. The van der Waals surface area contributed by atoms with Crippen molar-refractivity contribution in [3.63, 3.8) is 0 Å². The maximum absolute atomic E-state index is 11.5. The summed E-state index contributed by atoms with van der Waals surface area (Å²) in [5, 5.41) is 6.79. The third-order valence-electron chi connectivity index (χ3n) is 3.12. The highest BCUT2D eigenvalue weighted by Gasteiger charge is 2.13. The third-order valence-corrected chi connectivity index (χ3v) is 4.26. The molecule has 1 amide bonds. The fourth-order valence-corrected chi connectivity index (χ4v) is 3.16. The molecule has 0 spiro atoms. The number of hydrogen-bond donors (Lipinski definition) is 1. The van der Waals surface area contributed by atoms with Gasteiger partial charge in [0, 0.05) is 29.6 Å². The molecule has 0 aliphatic carbocycles. The van der Waals surface area contributed by atoms with Gasteiger partial charge in [-0.2, -0.15) is 0 Å². The number of carbonyl (C=O) groups excluding carboxylic acids is 1. The van der Waals surface area contributed by atoms with Crippen molar-refractivity contribution in [1.82, 2.24) is 4.98 Å². The van der Waals surface area contributed by atoms with Crippen LogP contribution in [0.4, 0.5) is 10.8 Å². The number of thiazole rings is 1. The Kier molecular flexibility index (Phi) is 5.20. The summed E-state index contributed by atoms with van der Waals surface area (Å²) in [5.41, 5.74) is 3.05. The first-order chi connectivity index (χ1) is 10.0. The number of carbonyl (C=O) groups is 1. The van der Waals surface area contributed by atoms with Crippen LogP contribution in [0.3, 0.4) is 0 Å². The Bertz CT molecular complexity index is 642. The largest absolute Gasteiger partial charge is 0.379 e. The zero-order valence-corrected chi connectivity index (χ0v) is 13.9. The Morgan fingerprint density at radius 1 is 1.48 bits per heavy atom. The highest BCUT2D eigenvalue weighted by molar-refractivity contribution is 7.14. The van der Waals surface area contributed by atoms with E-state index in [0.717, 1.165) is 27.1 Å². The van der Waals surface area contributed by atoms with Crippen LogP contribution in [-0.4, -0.2) is 17.4 Å². The van der Waals surface area contributed by atoms with E-state index in [0.29, 0.717) is 13.1 Å². The molecule has 0 unspecified atom stereocenters. The van der Waals surface area contributed by atoms with Crippen LogP contribution in [0, 0.1) is 6.92 Å². The minimum atomic E-state index is 0.0138. The van der Waals surface area contributed by atoms with E-state index < -0.39 is 0 Å². The molecule has 21 heavy (non-hydrogen) atoms. The molecule has 0 atom stereocenters. The van der Waals surface area contributed by atoms with Crippen molar-refractivity contribution >= 4 is 39.7 Å². The molecule has 0 bridgehead atoms. The molecular formula is C15H18ClN3OS. The van der Waals surface area contributed by atoms with Crippen LogP contribution in [0.5, 0.6) is 0 Å². The van der Waals surface area contributed by atoms with Crippen molar-refractivity contribution in [3.8, 4) is 0 Å². The summed E-state index contributed by atoms with van der Waals surface area (Å²) in [5.74, 6) is 0.0138. The summed E-state index contributed by atoms with van der Waals surface area (Å²) in [4.78, 5) is 17.7. The van der Waals surface area contributed by atoms with Gasteiger partial charge >= 0.3 is 0 Å². The number of nitrogens with zero attached hydrogens (tertiary/aromatic N) is 2. The van der Waals surface area contributed by atoms with Gasteiger partial charge in [0.05, 0.1) is 12.2 Å². The summed E-state index contributed by atoms with van der Waals surface area (Å²) in [6.45, 7) is 6.76. The molecule has 1 aromatic carbocycles. The lowest BCUT2D eigenvalue weighted by molar-refractivity contribution is -0.116. The van der Waals surface area contributed by atoms with Crippen molar-refractivity contribution in [1.29, 1.82) is 0 Å². The summed E-state index contributed by atoms with van der Waals surface area (Å²) < 4.78 is 0. The van der Waals surface area contributed by atoms with E-state index in [1.54, 1.807) is 11.8 Å². The molecule has 0 saturated carbocycles. The number of rotatable bonds is 5. The summed E-state index contributed by atoms with van der Waals surface area (Å²) >= 11 is 7.43. The Balaban J connectivity index is 2.04. The van der Waals surface area contributed by atoms with E-state index in [-0.39, 0.29) is 5.91 Å². The number of anilines is 2. The van der Waals surface area contributed by atoms with Crippen LogP contribution in [0.25, 0.3) is 0 Å². The highest BCUT2D eigenvalue weighted by Crippen LogP contribution is 2.23. The molecule has 6 heteroatoms. The average molecular weight is 324 g/mol. The van der Waals surface area contributed by atoms with Gasteiger partial charge in [-0.3, -0.25) is 9.69 Å². The van der Waals surface area contributed by atoms with Gasteiger partial charge in [0.25, 0.3) is 0 Å². The summed E-state index contributed by atoms with van der Waals surface area (Å²) in [6, 6.07) is 5.74. The van der Waals surface area contributed by atoms with Crippen LogP contribution in [0.1, 0.15) is 25.1 Å². The summed E-state index contributed by atoms with van der Waals surface area (Å²) in [6.07, 6.45) is 0. The molecule has 0 fully saturated rings. The van der Waals surface area contributed by atoms with Crippen molar-refractivity contribution in [2.75, 3.05) is 16.8 Å². The van der Waals surface area contributed by atoms with Gasteiger partial charge in [-0.25, -0.2) is 4.98 Å². The minimum Gasteiger partial charge on any atom is -0.379 e. The predicted molar refractivity (Wildman–Crippen MR) is 89.3 cm³/mol. The summed E-state index contributed by atoms with van der Waals surface area (Å²) in [7, 11) is 0. The Morgan fingerprint density at radius 2 is 2.24 bits per heavy atom. The fourth-order valence-electron chi connectivity index (χ4n) is 2.01. The minimum absolute atomic E-state index is 0.0138. The maximum atomic E-state index is 11.5. The van der Waals surface area contributed by atoms with E-state index in [2.05, 4.69) is 10.3 Å². The topological polar surface area (TPSA) is 45.2 Å². The average Bonchev–Trinajstić information content (AvgIpc) is 2.87. The molecule has 2 rings (SSSR count). The normalized spacial score (nSPS) is 10.5. The second kappa shape index (κ2) is 6.91. The zero-order valence-electron chi connectivity index (χ0n) is 12.3.